The number of carbonyl (C=O) groups is 1. The van der Waals surface area contributed by atoms with E-state index in [9.17, 15) is 9.90 Å². The smallest absolute Gasteiger partial charge is 0.354 e. The summed E-state index contributed by atoms with van der Waals surface area (Å²) in [5, 5.41) is 14.8. The number of aromatic nitrogens is 4. The molecule has 0 aliphatic carbocycles. The van der Waals surface area contributed by atoms with Crippen molar-refractivity contribution in [3.8, 4) is 22.7 Å². The molecule has 0 spiro atoms. The Bertz CT molecular complexity index is 1220. The number of pyridine rings is 1. The molecule has 9 heteroatoms. The quantitative estimate of drug-likeness (QED) is 0.427. The lowest BCUT2D eigenvalue weighted by Crippen LogP contribution is -2.03. The van der Waals surface area contributed by atoms with Crippen LogP contribution in [-0.4, -0.2) is 30.8 Å². The molecule has 0 aliphatic rings. The van der Waals surface area contributed by atoms with Crippen LogP contribution < -0.4 is 0 Å². The van der Waals surface area contributed by atoms with Gasteiger partial charge in [0.05, 0.1) is 11.8 Å². The van der Waals surface area contributed by atoms with Crippen LogP contribution in [0.2, 0.25) is 5.02 Å². The van der Waals surface area contributed by atoms with Crippen molar-refractivity contribution in [3.63, 3.8) is 0 Å². The molecule has 0 saturated carbocycles. The molecule has 0 atom stereocenters. The summed E-state index contributed by atoms with van der Waals surface area (Å²) in [5.74, 6) is -0.635. The summed E-state index contributed by atoms with van der Waals surface area (Å²) in [6.07, 6.45) is 5.07. The van der Waals surface area contributed by atoms with E-state index in [1.54, 1.807) is 36.0 Å². The monoisotopic (exact) mass is 440 g/mol. The number of hydrogen-bond donors (Lipinski definition) is 1. The summed E-state index contributed by atoms with van der Waals surface area (Å²) in [6.45, 7) is 4.44. The molecule has 0 fully saturated rings. The molecule has 4 rings (SSSR count). The Kier molecular flexibility index (Phi) is 5.61. The van der Waals surface area contributed by atoms with Crippen LogP contribution in [0, 0.1) is 6.92 Å². The Hall–Kier alpha value is -3.10. The third-order valence-corrected chi connectivity index (χ3v) is 5.60. The predicted molar refractivity (Wildman–Crippen MR) is 114 cm³/mol. The molecule has 3 heterocycles. The van der Waals surface area contributed by atoms with Crippen molar-refractivity contribution >= 4 is 29.3 Å². The van der Waals surface area contributed by atoms with Crippen molar-refractivity contribution < 1.29 is 14.3 Å². The van der Waals surface area contributed by atoms with Crippen molar-refractivity contribution in [3.05, 3.63) is 65.2 Å². The zero-order valence-corrected chi connectivity index (χ0v) is 17.7. The number of aromatic carboxylic acids is 1. The van der Waals surface area contributed by atoms with Gasteiger partial charge in [0.15, 0.2) is 10.8 Å². The molecule has 1 aromatic carbocycles. The number of carboxylic acid groups (broad SMARTS) is 1. The maximum Gasteiger partial charge on any atom is 0.354 e. The first kappa shape index (κ1) is 20.2. The van der Waals surface area contributed by atoms with Crippen molar-refractivity contribution in [1.29, 1.82) is 0 Å². The first-order chi connectivity index (χ1) is 14.4. The molecule has 30 heavy (non-hydrogen) atoms. The highest BCUT2D eigenvalue weighted by molar-refractivity contribution is 7.99. The number of oxazole rings is 1. The fourth-order valence-electron chi connectivity index (χ4n) is 2.87. The van der Waals surface area contributed by atoms with Gasteiger partial charge in [-0.25, -0.2) is 14.8 Å². The highest BCUT2D eigenvalue weighted by Gasteiger charge is 2.20. The van der Waals surface area contributed by atoms with Gasteiger partial charge in [-0.3, -0.25) is 4.68 Å². The van der Waals surface area contributed by atoms with E-state index >= 15 is 0 Å². The van der Waals surface area contributed by atoms with Gasteiger partial charge >= 0.3 is 5.97 Å². The maximum atomic E-state index is 11.3. The van der Waals surface area contributed by atoms with E-state index in [4.69, 9.17) is 16.0 Å². The van der Waals surface area contributed by atoms with E-state index in [1.807, 2.05) is 25.3 Å². The second kappa shape index (κ2) is 8.33. The molecule has 152 valence electrons. The number of rotatable bonds is 6. The standard InChI is InChI=1S/C21H17ClN4O3S/c1-3-26-11-14(10-24-26)19-25-18(13-8-12(2)17(20(27)28)23-9-13)21(29-19)30-16-6-4-15(22)5-7-16/h4-11H,3H2,1-2H3,(H,27,28). The summed E-state index contributed by atoms with van der Waals surface area (Å²) in [4.78, 5) is 21.0. The molecule has 0 saturated heterocycles. The minimum Gasteiger partial charge on any atom is -0.477 e. The summed E-state index contributed by atoms with van der Waals surface area (Å²) < 4.78 is 7.88. The Labute approximate surface area is 181 Å². The van der Waals surface area contributed by atoms with E-state index in [-0.39, 0.29) is 5.69 Å². The maximum absolute atomic E-state index is 11.3. The highest BCUT2D eigenvalue weighted by Crippen LogP contribution is 2.39. The number of carboxylic acids is 1. The number of hydrogen-bond acceptors (Lipinski definition) is 6. The minimum atomic E-state index is -1.07. The largest absolute Gasteiger partial charge is 0.477 e. The molecule has 0 radical (unpaired) electrons. The Morgan fingerprint density at radius 3 is 2.63 bits per heavy atom. The lowest BCUT2D eigenvalue weighted by Gasteiger charge is -2.04. The van der Waals surface area contributed by atoms with Gasteiger partial charge < -0.3 is 9.52 Å². The first-order valence-electron chi connectivity index (χ1n) is 9.12. The van der Waals surface area contributed by atoms with Gasteiger partial charge in [0.1, 0.15) is 5.69 Å². The van der Waals surface area contributed by atoms with Gasteiger partial charge in [0.2, 0.25) is 5.89 Å². The molecule has 7 nitrogen and oxygen atoms in total. The Morgan fingerprint density at radius 1 is 1.23 bits per heavy atom. The molecule has 0 amide bonds. The molecule has 0 bridgehead atoms. The summed E-state index contributed by atoms with van der Waals surface area (Å²) in [7, 11) is 0. The van der Waals surface area contributed by atoms with Crippen molar-refractivity contribution in [2.75, 3.05) is 0 Å². The third kappa shape index (κ3) is 4.10. The van der Waals surface area contributed by atoms with Crippen molar-refractivity contribution in [2.24, 2.45) is 0 Å². The lowest BCUT2D eigenvalue weighted by molar-refractivity contribution is 0.0689. The molecule has 1 N–H and O–H groups in total. The fourth-order valence-corrected chi connectivity index (χ4v) is 3.86. The molecule has 0 aliphatic heterocycles. The Balaban J connectivity index is 1.79. The lowest BCUT2D eigenvalue weighted by atomic mass is 10.1. The average Bonchev–Trinajstić information content (AvgIpc) is 3.36. The molecule has 4 aromatic rings. The summed E-state index contributed by atoms with van der Waals surface area (Å²) in [5.41, 5.74) is 2.57. The van der Waals surface area contributed by atoms with Crippen LogP contribution in [0.1, 0.15) is 23.0 Å². The van der Waals surface area contributed by atoms with E-state index < -0.39 is 5.97 Å². The zero-order chi connectivity index (χ0) is 21.3. The van der Waals surface area contributed by atoms with Crippen LogP contribution in [0.3, 0.4) is 0 Å². The number of nitrogens with zero attached hydrogens (tertiary/aromatic N) is 4. The third-order valence-electron chi connectivity index (χ3n) is 4.38. The average molecular weight is 441 g/mol. The van der Waals surface area contributed by atoms with Crippen LogP contribution in [0.25, 0.3) is 22.7 Å². The van der Waals surface area contributed by atoms with E-state index in [2.05, 4.69) is 15.1 Å². The van der Waals surface area contributed by atoms with Crippen LogP contribution >= 0.6 is 23.4 Å². The van der Waals surface area contributed by atoms with E-state index in [0.29, 0.717) is 32.8 Å². The molecule has 3 aromatic heterocycles. The van der Waals surface area contributed by atoms with Gasteiger partial charge in [0.25, 0.3) is 0 Å². The van der Waals surface area contributed by atoms with E-state index in [1.165, 1.54) is 18.0 Å². The number of halogens is 1. The van der Waals surface area contributed by atoms with Gasteiger partial charge in [0, 0.05) is 34.4 Å². The molecular weight excluding hydrogens is 424 g/mol. The van der Waals surface area contributed by atoms with Crippen LogP contribution in [-0.2, 0) is 6.54 Å². The topological polar surface area (TPSA) is 94.0 Å². The van der Waals surface area contributed by atoms with E-state index in [0.717, 1.165) is 17.0 Å². The Morgan fingerprint density at radius 2 is 2.00 bits per heavy atom. The summed E-state index contributed by atoms with van der Waals surface area (Å²) >= 11 is 7.39. The minimum absolute atomic E-state index is 0.0126. The summed E-state index contributed by atoms with van der Waals surface area (Å²) in [6, 6.07) is 9.15. The number of aryl methyl sites for hydroxylation is 2. The molecule has 0 unspecified atom stereocenters. The van der Waals surface area contributed by atoms with Crippen LogP contribution in [0.15, 0.2) is 63.3 Å². The highest BCUT2D eigenvalue weighted by atomic mass is 35.5. The van der Waals surface area contributed by atoms with Gasteiger partial charge in [-0.2, -0.15) is 5.10 Å². The van der Waals surface area contributed by atoms with Crippen LogP contribution in [0.5, 0.6) is 0 Å². The second-order valence-corrected chi connectivity index (χ2v) is 7.97. The SMILES string of the molecule is CCn1cc(-c2nc(-c3cnc(C(=O)O)c(C)c3)c(Sc3ccc(Cl)cc3)o2)cn1. The van der Waals surface area contributed by atoms with Gasteiger partial charge in [-0.1, -0.05) is 11.6 Å². The van der Waals surface area contributed by atoms with Gasteiger partial charge in [-0.15, -0.1) is 0 Å². The second-order valence-electron chi connectivity index (χ2n) is 6.49. The normalized spacial score (nSPS) is 11.0. The van der Waals surface area contributed by atoms with Crippen molar-refractivity contribution in [1.82, 2.24) is 19.7 Å². The first-order valence-corrected chi connectivity index (χ1v) is 10.3. The number of benzene rings is 1. The molecular formula is C21H17ClN4O3S. The predicted octanol–water partition coefficient (Wildman–Crippen LogP) is 5.43. The van der Waals surface area contributed by atoms with Crippen LogP contribution in [0.4, 0.5) is 0 Å². The zero-order valence-electron chi connectivity index (χ0n) is 16.2. The van der Waals surface area contributed by atoms with Crippen molar-refractivity contribution in [2.45, 2.75) is 30.4 Å². The fraction of sp³-hybridized carbons (Fsp3) is 0.143. The van der Waals surface area contributed by atoms with Gasteiger partial charge in [-0.05, 0) is 61.5 Å².